The third-order valence-corrected chi connectivity index (χ3v) is 2.42. The topological polar surface area (TPSA) is 58.5 Å². The number of anilines is 1. The lowest BCUT2D eigenvalue weighted by Gasteiger charge is -2.16. The molecule has 1 aliphatic heterocycles. The first-order valence-corrected chi connectivity index (χ1v) is 5.15. The van der Waals surface area contributed by atoms with Crippen molar-refractivity contribution in [3.8, 4) is 0 Å². The Kier molecular flexibility index (Phi) is 2.46. The van der Waals surface area contributed by atoms with Crippen LogP contribution in [-0.4, -0.2) is 21.6 Å². The molecule has 1 aromatic heterocycles. The number of carbonyl (C=O) groups excluding carboxylic acids is 1. The minimum atomic E-state index is -0.0859. The Morgan fingerprint density at radius 3 is 2.62 bits per heavy atom. The van der Waals surface area contributed by atoms with Crippen LogP contribution in [0.1, 0.15) is 27.2 Å². The summed E-state index contributed by atoms with van der Waals surface area (Å²) in [5.74, 6) is 0.489. The van der Waals surface area contributed by atoms with Crippen LogP contribution in [0.25, 0.3) is 0 Å². The molecule has 0 N–H and O–H groups in total. The molecule has 0 unspecified atom stereocenters. The molecule has 0 spiro atoms. The van der Waals surface area contributed by atoms with Crippen molar-refractivity contribution in [1.29, 1.82) is 0 Å². The molecule has 0 saturated carbocycles. The smallest absolute Gasteiger partial charge is 0.254 e. The maximum absolute atomic E-state index is 11.8. The predicted octanol–water partition coefficient (Wildman–Crippen LogP) is 1.62. The first-order chi connectivity index (χ1) is 7.48. The van der Waals surface area contributed by atoms with Gasteiger partial charge in [-0.3, -0.25) is 4.79 Å². The molecule has 1 aliphatic rings. The molecular weight excluding hydrogens is 204 g/mol. The third kappa shape index (κ3) is 1.93. The maximum Gasteiger partial charge on any atom is 0.254 e. The van der Waals surface area contributed by atoms with Crippen LogP contribution in [0.2, 0.25) is 0 Å². The van der Waals surface area contributed by atoms with Crippen molar-refractivity contribution in [2.24, 2.45) is 10.5 Å². The number of hydrogen-bond acceptors (Lipinski definition) is 4. The van der Waals surface area contributed by atoms with Crippen LogP contribution in [0, 0.1) is 5.41 Å². The summed E-state index contributed by atoms with van der Waals surface area (Å²) in [4.78, 5) is 19.6. The second-order valence-electron chi connectivity index (χ2n) is 4.75. The normalized spacial score (nSPS) is 16.6. The van der Waals surface area contributed by atoms with Crippen LogP contribution >= 0.6 is 0 Å². The van der Waals surface area contributed by atoms with E-state index in [0.717, 1.165) is 5.71 Å². The zero-order valence-corrected chi connectivity index (χ0v) is 9.64. The van der Waals surface area contributed by atoms with Gasteiger partial charge in [0.25, 0.3) is 5.91 Å². The van der Waals surface area contributed by atoms with E-state index >= 15 is 0 Å². The average molecular weight is 218 g/mol. The van der Waals surface area contributed by atoms with Gasteiger partial charge in [0, 0.05) is 17.7 Å². The summed E-state index contributed by atoms with van der Waals surface area (Å²) in [6, 6.07) is 1.67. The van der Waals surface area contributed by atoms with Gasteiger partial charge in [0.1, 0.15) is 6.33 Å². The summed E-state index contributed by atoms with van der Waals surface area (Å²) in [6.45, 7) is 6.13. The van der Waals surface area contributed by atoms with E-state index in [-0.39, 0.29) is 11.3 Å². The van der Waals surface area contributed by atoms with Gasteiger partial charge in [-0.25, -0.2) is 9.97 Å². The fourth-order valence-electron chi connectivity index (χ4n) is 1.43. The highest BCUT2D eigenvalue weighted by atomic mass is 16.2. The van der Waals surface area contributed by atoms with E-state index in [2.05, 4.69) is 15.1 Å². The standard InChI is InChI=1S/C11H14N4O/c1-11(2,3)8-6-10(16)15(14-8)9-4-5-12-7-13-9/h4-5,7H,6H2,1-3H3. The largest absolute Gasteiger partial charge is 0.272 e. The molecule has 2 rings (SSSR count). The molecule has 84 valence electrons. The number of amides is 1. The van der Waals surface area contributed by atoms with Crippen molar-refractivity contribution in [3.63, 3.8) is 0 Å². The van der Waals surface area contributed by atoms with Gasteiger partial charge >= 0.3 is 0 Å². The summed E-state index contributed by atoms with van der Waals surface area (Å²) in [6.07, 6.45) is 3.38. The van der Waals surface area contributed by atoms with Gasteiger partial charge in [0.05, 0.1) is 12.1 Å². The monoisotopic (exact) mass is 218 g/mol. The second-order valence-corrected chi connectivity index (χ2v) is 4.75. The number of aromatic nitrogens is 2. The molecule has 0 bridgehead atoms. The number of rotatable bonds is 1. The van der Waals surface area contributed by atoms with Crippen LogP contribution in [0.5, 0.6) is 0 Å². The van der Waals surface area contributed by atoms with Gasteiger partial charge in [0.15, 0.2) is 5.82 Å². The van der Waals surface area contributed by atoms with Crippen LogP contribution < -0.4 is 5.01 Å². The van der Waals surface area contributed by atoms with E-state index in [0.29, 0.717) is 12.2 Å². The molecular formula is C11H14N4O. The number of nitrogens with zero attached hydrogens (tertiary/aromatic N) is 4. The summed E-state index contributed by atoms with van der Waals surface area (Å²) in [5, 5.41) is 5.67. The molecule has 0 atom stereocenters. The molecule has 0 radical (unpaired) electrons. The number of hydrazone groups is 1. The molecule has 0 saturated heterocycles. The second kappa shape index (κ2) is 3.66. The highest BCUT2D eigenvalue weighted by Crippen LogP contribution is 2.26. The zero-order chi connectivity index (χ0) is 11.8. The quantitative estimate of drug-likeness (QED) is 0.719. The highest BCUT2D eigenvalue weighted by molar-refractivity contribution is 6.14. The number of carbonyl (C=O) groups is 1. The third-order valence-electron chi connectivity index (χ3n) is 2.42. The van der Waals surface area contributed by atoms with Gasteiger partial charge in [-0.15, -0.1) is 0 Å². The lowest BCUT2D eigenvalue weighted by atomic mass is 9.88. The van der Waals surface area contributed by atoms with E-state index in [1.807, 2.05) is 20.8 Å². The van der Waals surface area contributed by atoms with Gasteiger partial charge in [-0.05, 0) is 0 Å². The fourth-order valence-corrected chi connectivity index (χ4v) is 1.43. The van der Waals surface area contributed by atoms with Crippen LogP contribution in [0.3, 0.4) is 0 Å². The summed E-state index contributed by atoms with van der Waals surface area (Å²) >= 11 is 0. The molecule has 16 heavy (non-hydrogen) atoms. The predicted molar refractivity (Wildman–Crippen MR) is 61.0 cm³/mol. The Labute approximate surface area is 94.2 Å². The molecule has 5 heteroatoms. The molecule has 0 aromatic carbocycles. The minimum Gasteiger partial charge on any atom is -0.272 e. The molecule has 1 amide bonds. The van der Waals surface area contributed by atoms with Crippen molar-refractivity contribution in [2.75, 3.05) is 5.01 Å². The summed E-state index contributed by atoms with van der Waals surface area (Å²) < 4.78 is 0. The van der Waals surface area contributed by atoms with E-state index < -0.39 is 0 Å². The highest BCUT2D eigenvalue weighted by Gasteiger charge is 2.32. The Bertz CT molecular complexity index is 433. The van der Waals surface area contributed by atoms with E-state index in [1.165, 1.54) is 11.3 Å². The van der Waals surface area contributed by atoms with Crippen molar-refractivity contribution in [1.82, 2.24) is 9.97 Å². The maximum atomic E-state index is 11.8. The van der Waals surface area contributed by atoms with E-state index in [1.54, 1.807) is 12.3 Å². The zero-order valence-electron chi connectivity index (χ0n) is 9.64. The van der Waals surface area contributed by atoms with Crippen molar-refractivity contribution in [3.05, 3.63) is 18.6 Å². The average Bonchev–Trinajstić information content (AvgIpc) is 2.61. The van der Waals surface area contributed by atoms with Gasteiger partial charge in [0.2, 0.25) is 0 Å². The molecule has 1 aromatic rings. The lowest BCUT2D eigenvalue weighted by molar-refractivity contribution is -0.117. The Balaban J connectivity index is 2.31. The van der Waals surface area contributed by atoms with E-state index in [9.17, 15) is 4.79 Å². The molecule has 0 fully saturated rings. The fraction of sp³-hybridized carbons (Fsp3) is 0.455. The van der Waals surface area contributed by atoms with Crippen LogP contribution in [-0.2, 0) is 4.79 Å². The summed E-state index contributed by atoms with van der Waals surface area (Å²) in [5.41, 5.74) is 0.799. The first-order valence-electron chi connectivity index (χ1n) is 5.15. The van der Waals surface area contributed by atoms with Gasteiger partial charge in [-0.1, -0.05) is 20.8 Å². The Morgan fingerprint density at radius 2 is 2.12 bits per heavy atom. The van der Waals surface area contributed by atoms with E-state index in [4.69, 9.17) is 0 Å². The van der Waals surface area contributed by atoms with Crippen molar-refractivity contribution >= 4 is 17.4 Å². The number of hydrogen-bond donors (Lipinski definition) is 0. The Morgan fingerprint density at radius 1 is 1.38 bits per heavy atom. The SMILES string of the molecule is CC(C)(C)C1=NN(c2ccncn2)C(=O)C1. The van der Waals surface area contributed by atoms with Gasteiger partial charge in [-0.2, -0.15) is 10.1 Å². The molecule has 5 nitrogen and oxygen atoms in total. The molecule has 2 heterocycles. The van der Waals surface area contributed by atoms with Crippen molar-refractivity contribution in [2.45, 2.75) is 27.2 Å². The minimum absolute atomic E-state index is 0.0383. The Hall–Kier alpha value is -1.78. The van der Waals surface area contributed by atoms with Crippen LogP contribution in [0.4, 0.5) is 5.82 Å². The van der Waals surface area contributed by atoms with Crippen molar-refractivity contribution < 1.29 is 4.79 Å². The van der Waals surface area contributed by atoms with Gasteiger partial charge < -0.3 is 0 Å². The molecule has 0 aliphatic carbocycles. The summed E-state index contributed by atoms with van der Waals surface area (Å²) in [7, 11) is 0. The van der Waals surface area contributed by atoms with Crippen LogP contribution in [0.15, 0.2) is 23.7 Å². The first kappa shape index (κ1) is 10.7. The lowest BCUT2D eigenvalue weighted by Crippen LogP contribution is -2.21.